The zero-order valence-electron chi connectivity index (χ0n) is 19.7. The second kappa shape index (κ2) is 10.2. The molecule has 186 valence electrons. The van der Waals surface area contributed by atoms with Gasteiger partial charge in [-0.15, -0.1) is 0 Å². The van der Waals surface area contributed by atoms with E-state index in [1.807, 2.05) is 12.1 Å². The minimum Gasteiger partial charge on any atom is -0.486 e. The van der Waals surface area contributed by atoms with Crippen molar-refractivity contribution < 1.29 is 18.7 Å². The number of halogens is 1. The number of allylic oxidation sites excluding steroid dienone is 1. The van der Waals surface area contributed by atoms with E-state index in [0.29, 0.717) is 44.4 Å². The fraction of sp³-hybridized carbons (Fsp3) is 0.480. The molecule has 1 spiro atoms. The first kappa shape index (κ1) is 23.5. The topological polar surface area (TPSA) is 102 Å². The molecule has 2 fully saturated rings. The van der Waals surface area contributed by atoms with Gasteiger partial charge in [0.2, 0.25) is 0 Å². The second-order valence-electron chi connectivity index (χ2n) is 9.21. The number of alkyl halides is 1. The van der Waals surface area contributed by atoms with Gasteiger partial charge in [0.15, 0.2) is 0 Å². The molecule has 4 aliphatic rings. The van der Waals surface area contributed by atoms with E-state index in [4.69, 9.17) is 14.9 Å². The summed E-state index contributed by atoms with van der Waals surface area (Å²) in [7, 11) is 0. The lowest BCUT2D eigenvalue weighted by molar-refractivity contribution is -0.112. The summed E-state index contributed by atoms with van der Waals surface area (Å²) in [4.78, 5) is 21.7. The monoisotopic (exact) mass is 482 g/mol. The normalized spacial score (nSPS) is 22.4. The molecule has 1 aromatic rings. The minimum atomic E-state index is -0.405. The molecule has 10 heteroatoms. The Hall–Kier alpha value is -3.24. The first-order valence-corrected chi connectivity index (χ1v) is 12.1. The number of carbonyl (C=O) groups excluding carboxylic acids is 1. The van der Waals surface area contributed by atoms with E-state index in [1.165, 1.54) is 0 Å². The highest BCUT2D eigenvalue weighted by molar-refractivity contribution is 6.18. The molecule has 0 unspecified atom stereocenters. The molecule has 9 nitrogen and oxygen atoms in total. The van der Waals surface area contributed by atoms with E-state index >= 15 is 0 Å². The van der Waals surface area contributed by atoms with E-state index in [-0.39, 0.29) is 17.8 Å². The van der Waals surface area contributed by atoms with Crippen LogP contribution in [0.1, 0.15) is 18.4 Å². The van der Waals surface area contributed by atoms with E-state index in [1.54, 1.807) is 18.5 Å². The minimum absolute atomic E-state index is 0.145. The summed E-state index contributed by atoms with van der Waals surface area (Å²) in [5, 5.41) is 13.7. The number of hydrogen-bond acceptors (Lipinski definition) is 8. The first-order chi connectivity index (χ1) is 17.1. The van der Waals surface area contributed by atoms with E-state index in [9.17, 15) is 9.18 Å². The number of piperidine rings is 1. The predicted octanol–water partition coefficient (Wildman–Crippen LogP) is 2.25. The number of nitrogens with zero attached hydrogens (tertiary/aromatic N) is 3. The third-order valence-corrected chi connectivity index (χ3v) is 7.04. The number of rotatable bonds is 6. The second-order valence-corrected chi connectivity index (χ2v) is 9.21. The lowest BCUT2D eigenvalue weighted by Crippen LogP contribution is -2.47. The van der Waals surface area contributed by atoms with Crippen molar-refractivity contribution in [2.75, 3.05) is 62.8 Å². The maximum absolute atomic E-state index is 13.2. The lowest BCUT2D eigenvalue weighted by Gasteiger charge is -2.38. The van der Waals surface area contributed by atoms with Crippen LogP contribution < -0.4 is 20.3 Å². The predicted molar refractivity (Wildman–Crippen MR) is 133 cm³/mol. The Morgan fingerprint density at radius 3 is 2.74 bits per heavy atom. The van der Waals surface area contributed by atoms with E-state index in [2.05, 4.69) is 25.4 Å². The Morgan fingerprint density at radius 1 is 1.26 bits per heavy atom. The van der Waals surface area contributed by atoms with Crippen molar-refractivity contribution in [2.45, 2.75) is 24.9 Å². The quantitative estimate of drug-likeness (QED) is 0.425. The molecule has 0 saturated carbocycles. The lowest BCUT2D eigenvalue weighted by atomic mass is 9.87. The molecule has 0 aromatic heterocycles. The number of anilines is 2. The fourth-order valence-electron chi connectivity index (χ4n) is 5.12. The van der Waals surface area contributed by atoms with Crippen molar-refractivity contribution in [1.29, 1.82) is 5.41 Å². The maximum Gasteiger partial charge on any atom is 0.261 e. The highest BCUT2D eigenvalue weighted by Crippen LogP contribution is 2.45. The summed E-state index contributed by atoms with van der Waals surface area (Å²) < 4.78 is 24.9. The smallest absolute Gasteiger partial charge is 0.261 e. The Labute approximate surface area is 204 Å². The molecule has 0 bridgehead atoms. The zero-order chi connectivity index (χ0) is 24.3. The Balaban J connectivity index is 1.42. The molecule has 5 rings (SSSR count). The van der Waals surface area contributed by atoms with Crippen molar-refractivity contribution in [1.82, 2.24) is 10.2 Å². The van der Waals surface area contributed by atoms with Crippen molar-refractivity contribution in [3.05, 3.63) is 41.4 Å². The number of aliphatic imine (C=N–C) groups is 1. The van der Waals surface area contributed by atoms with Gasteiger partial charge in [0.25, 0.3) is 5.91 Å². The summed E-state index contributed by atoms with van der Waals surface area (Å²) in [6.45, 7) is 4.41. The van der Waals surface area contributed by atoms with E-state index < -0.39 is 5.91 Å². The van der Waals surface area contributed by atoms with Gasteiger partial charge in [-0.2, -0.15) is 0 Å². The van der Waals surface area contributed by atoms with Crippen molar-refractivity contribution in [3.63, 3.8) is 0 Å². The summed E-state index contributed by atoms with van der Waals surface area (Å²) in [5.41, 5.74) is 2.47. The van der Waals surface area contributed by atoms with Gasteiger partial charge in [0.05, 0.1) is 30.2 Å². The van der Waals surface area contributed by atoms with Gasteiger partial charge in [-0.25, -0.2) is 9.38 Å². The van der Waals surface area contributed by atoms with Crippen molar-refractivity contribution in [3.8, 4) is 5.75 Å². The van der Waals surface area contributed by atoms with Gasteiger partial charge in [-0.1, -0.05) is 0 Å². The van der Waals surface area contributed by atoms with Crippen LogP contribution in [-0.2, 0) is 16.0 Å². The highest BCUT2D eigenvalue weighted by Gasteiger charge is 2.42. The number of morpholine rings is 1. The van der Waals surface area contributed by atoms with Gasteiger partial charge in [0, 0.05) is 82.2 Å². The third kappa shape index (κ3) is 4.94. The molecule has 4 aliphatic heterocycles. The van der Waals surface area contributed by atoms with Gasteiger partial charge in [-0.3, -0.25) is 4.79 Å². The number of hydrogen-bond donors (Lipinski definition) is 3. The van der Waals surface area contributed by atoms with Crippen LogP contribution in [-0.4, -0.2) is 81.4 Å². The highest BCUT2D eigenvalue weighted by atomic mass is 19.1. The molecule has 2 saturated heterocycles. The molecule has 0 aliphatic carbocycles. The van der Waals surface area contributed by atoms with Crippen LogP contribution in [0.5, 0.6) is 5.75 Å². The number of fused-ring (bicyclic) bond motifs is 1. The third-order valence-electron chi connectivity index (χ3n) is 7.04. The molecular weight excluding hydrogens is 451 g/mol. The van der Waals surface area contributed by atoms with Crippen LogP contribution in [0.4, 0.5) is 15.8 Å². The number of benzene rings is 1. The molecule has 3 N–H and O–H groups in total. The summed E-state index contributed by atoms with van der Waals surface area (Å²) >= 11 is 0. The maximum atomic E-state index is 13.2. The van der Waals surface area contributed by atoms with Crippen LogP contribution in [0.15, 0.2) is 40.8 Å². The van der Waals surface area contributed by atoms with Crippen LogP contribution >= 0.6 is 0 Å². The molecule has 4 heterocycles. The molecular formula is C25H31FN6O3. The Morgan fingerprint density at radius 2 is 2.06 bits per heavy atom. The molecule has 1 aromatic carbocycles. The average Bonchev–Trinajstić information content (AvgIpc) is 3.23. The number of amides is 1. The average molecular weight is 483 g/mol. The van der Waals surface area contributed by atoms with Crippen molar-refractivity contribution in [2.24, 2.45) is 4.99 Å². The number of nitrogens with one attached hydrogen (secondary N) is 3. The zero-order valence-corrected chi connectivity index (χ0v) is 19.7. The number of likely N-dealkylation sites (tertiary alicyclic amines) is 1. The SMILES string of the molecule is N=C/C(C(=O)Nc1cc2c(cc1N1CCOCC1)OC1(CCN(CCF)CC1)C2)=C1/N=CC=CN1. The summed E-state index contributed by atoms with van der Waals surface area (Å²) in [6, 6.07) is 4.03. The van der Waals surface area contributed by atoms with Crippen molar-refractivity contribution >= 4 is 29.7 Å². The molecule has 0 atom stereocenters. The van der Waals surface area contributed by atoms with E-state index in [0.717, 1.165) is 55.6 Å². The molecule has 1 amide bonds. The van der Waals surface area contributed by atoms with Crippen LogP contribution in [0.25, 0.3) is 0 Å². The van der Waals surface area contributed by atoms with Crippen LogP contribution in [0.3, 0.4) is 0 Å². The van der Waals surface area contributed by atoms with Gasteiger partial charge in [0.1, 0.15) is 23.8 Å². The van der Waals surface area contributed by atoms with Crippen LogP contribution in [0, 0.1) is 5.41 Å². The summed E-state index contributed by atoms with van der Waals surface area (Å²) in [6.07, 6.45) is 8.43. The largest absolute Gasteiger partial charge is 0.486 e. The van der Waals surface area contributed by atoms with Crippen LogP contribution in [0.2, 0.25) is 0 Å². The van der Waals surface area contributed by atoms with Gasteiger partial charge >= 0.3 is 0 Å². The fourth-order valence-corrected chi connectivity index (χ4v) is 5.12. The standard InChI is InChI=1S/C25H31FN6O3/c26-4-9-31-7-2-25(3-8-31)16-18-14-20(21(15-22(18)35-25)32-10-12-34-13-11-32)30-24(33)19(17-27)23-28-5-1-6-29-23/h1,5-6,14-15,17,27-28H,2-4,7-13,16H2,(H,30,33)/b23-19-,27-17?. The van der Waals surface area contributed by atoms with Gasteiger partial charge in [-0.05, 0) is 12.1 Å². The van der Waals surface area contributed by atoms with Gasteiger partial charge < -0.3 is 35.3 Å². The number of carbonyl (C=O) groups is 1. The molecule has 35 heavy (non-hydrogen) atoms. The Kier molecular flexibility index (Phi) is 6.83. The number of ether oxygens (including phenoxy) is 2. The first-order valence-electron chi connectivity index (χ1n) is 12.1. The Bertz CT molecular complexity index is 1070. The molecule has 0 radical (unpaired) electrons. The summed E-state index contributed by atoms with van der Waals surface area (Å²) in [5.74, 6) is 0.770.